The lowest BCUT2D eigenvalue weighted by Gasteiger charge is -2.21. The summed E-state index contributed by atoms with van der Waals surface area (Å²) in [6.07, 6.45) is 3.43. The molecule has 27 heavy (non-hydrogen) atoms. The maximum atomic E-state index is 12.3. The fraction of sp³-hybridized carbons (Fsp3) is 0.389. The number of nitrogens with one attached hydrogen (secondary N) is 2. The van der Waals surface area contributed by atoms with Gasteiger partial charge in [-0.1, -0.05) is 12.0 Å². The van der Waals surface area contributed by atoms with Gasteiger partial charge in [-0.15, -0.1) is 11.8 Å². The van der Waals surface area contributed by atoms with E-state index in [9.17, 15) is 4.79 Å². The smallest absolute Gasteiger partial charge is 0.322 e. The number of nitrogens with zero attached hydrogens (tertiary/aromatic N) is 3. The van der Waals surface area contributed by atoms with Gasteiger partial charge >= 0.3 is 6.03 Å². The number of hydrogen-bond acceptors (Lipinski definition) is 7. The van der Waals surface area contributed by atoms with Crippen LogP contribution in [0.15, 0.2) is 34.4 Å². The predicted molar refractivity (Wildman–Crippen MR) is 107 cm³/mol. The summed E-state index contributed by atoms with van der Waals surface area (Å²) >= 11 is 1.57. The van der Waals surface area contributed by atoms with E-state index >= 15 is 0 Å². The number of carbonyl (C=O) groups excluding carboxylic acids is 1. The van der Waals surface area contributed by atoms with E-state index in [-0.39, 0.29) is 11.9 Å². The third kappa shape index (κ3) is 5.42. The van der Waals surface area contributed by atoms with Crippen LogP contribution < -0.4 is 16.4 Å². The summed E-state index contributed by atoms with van der Waals surface area (Å²) in [5.41, 5.74) is 5.58. The van der Waals surface area contributed by atoms with Gasteiger partial charge in [0.05, 0.1) is 24.2 Å². The molecule has 3 rings (SSSR count). The highest BCUT2D eigenvalue weighted by molar-refractivity contribution is 8.14. The summed E-state index contributed by atoms with van der Waals surface area (Å²) in [6.45, 7) is 3.28. The number of allylic oxidation sites excluding steroid dienone is 1. The lowest BCUT2D eigenvalue weighted by molar-refractivity contribution is 0.128. The molecular weight excluding hydrogens is 364 g/mol. The fourth-order valence-corrected chi connectivity index (χ4v) is 3.55. The molecule has 9 heteroatoms. The number of hydrogen-bond donors (Lipinski definition) is 3. The van der Waals surface area contributed by atoms with Gasteiger partial charge in [-0.3, -0.25) is 10.3 Å². The molecule has 0 saturated heterocycles. The van der Waals surface area contributed by atoms with Crippen LogP contribution in [0, 0.1) is 17.9 Å². The molecule has 2 atom stereocenters. The molecule has 140 valence electrons. The number of ether oxygens (including phenoxy) is 1. The summed E-state index contributed by atoms with van der Waals surface area (Å²) in [6, 6.07) is 5.85. The number of thioether (sulfide) groups is 1. The van der Waals surface area contributed by atoms with E-state index in [1.807, 2.05) is 13.0 Å². The first-order valence-electron chi connectivity index (χ1n) is 8.41. The quantitative estimate of drug-likeness (QED) is 0.485. The standard InChI is InChI=1S/C18H20N6O2S/c1-18(12-27-16(23-18)14-4-7-20-8-5-14)24-17(25)22-15-3-2-13(10-21-15)11-26-9-6-19/h2-4,10,14H,6,9,11-12,19H2,1H3,(H2,21,22,24,25). The van der Waals surface area contributed by atoms with Crippen LogP contribution in [-0.2, 0) is 11.3 Å². The van der Waals surface area contributed by atoms with Crippen molar-refractivity contribution in [2.75, 3.05) is 24.2 Å². The average Bonchev–Trinajstić information content (AvgIpc) is 3.05. The van der Waals surface area contributed by atoms with E-state index in [4.69, 9.17) is 10.5 Å². The van der Waals surface area contributed by atoms with Crippen molar-refractivity contribution < 1.29 is 9.53 Å². The first kappa shape index (κ1) is 19.1. The monoisotopic (exact) mass is 384 g/mol. The molecule has 0 spiro atoms. The molecule has 0 fully saturated rings. The minimum atomic E-state index is -0.704. The normalized spacial score (nSPS) is 22.7. The summed E-state index contributed by atoms with van der Waals surface area (Å²) in [4.78, 5) is 24.9. The Morgan fingerprint density at radius 3 is 3.11 bits per heavy atom. The summed E-state index contributed by atoms with van der Waals surface area (Å²) < 4.78 is 5.35. The highest BCUT2D eigenvalue weighted by Crippen LogP contribution is 2.29. The number of urea groups is 1. The minimum absolute atomic E-state index is 0.116. The van der Waals surface area contributed by atoms with Crippen molar-refractivity contribution in [1.82, 2.24) is 10.3 Å². The molecule has 2 unspecified atom stereocenters. The number of aromatic nitrogens is 1. The van der Waals surface area contributed by atoms with E-state index in [1.54, 1.807) is 30.1 Å². The van der Waals surface area contributed by atoms with Crippen LogP contribution in [0.25, 0.3) is 0 Å². The molecule has 2 amide bonds. The predicted octanol–water partition coefficient (Wildman–Crippen LogP) is 1.36. The van der Waals surface area contributed by atoms with Crippen LogP contribution in [0.2, 0.25) is 0 Å². The van der Waals surface area contributed by atoms with Crippen LogP contribution >= 0.6 is 11.8 Å². The molecule has 2 aliphatic heterocycles. The molecule has 0 aliphatic carbocycles. The zero-order valence-electron chi connectivity index (χ0n) is 14.9. The minimum Gasteiger partial charge on any atom is -0.375 e. The van der Waals surface area contributed by atoms with Crippen molar-refractivity contribution in [2.24, 2.45) is 21.6 Å². The second-order valence-electron chi connectivity index (χ2n) is 6.13. The van der Waals surface area contributed by atoms with E-state index in [1.165, 1.54) is 0 Å². The first-order chi connectivity index (χ1) is 13.1. The summed E-state index contributed by atoms with van der Waals surface area (Å²) in [5.74, 6) is 6.68. The zero-order valence-corrected chi connectivity index (χ0v) is 15.7. The number of carbonyl (C=O) groups is 1. The van der Waals surface area contributed by atoms with Crippen molar-refractivity contribution >= 4 is 34.5 Å². The number of rotatable bonds is 7. The van der Waals surface area contributed by atoms with Crippen LogP contribution in [0.4, 0.5) is 10.6 Å². The van der Waals surface area contributed by atoms with Crippen LogP contribution in [-0.4, -0.2) is 46.5 Å². The summed E-state index contributed by atoms with van der Waals surface area (Å²) in [7, 11) is 0. The van der Waals surface area contributed by atoms with E-state index in [0.29, 0.717) is 31.3 Å². The van der Waals surface area contributed by atoms with E-state index in [0.717, 1.165) is 10.6 Å². The van der Waals surface area contributed by atoms with Gasteiger partial charge in [-0.2, -0.15) is 4.99 Å². The number of pyridine rings is 1. The van der Waals surface area contributed by atoms with E-state index < -0.39 is 5.66 Å². The van der Waals surface area contributed by atoms with Gasteiger partial charge in [-0.05, 0) is 30.5 Å². The highest BCUT2D eigenvalue weighted by Gasteiger charge is 2.34. The first-order valence-corrected chi connectivity index (χ1v) is 9.40. The highest BCUT2D eigenvalue weighted by atomic mass is 32.2. The zero-order chi connectivity index (χ0) is 19.1. The molecule has 8 nitrogen and oxygen atoms in total. The average molecular weight is 384 g/mol. The van der Waals surface area contributed by atoms with Crippen molar-refractivity contribution in [3.63, 3.8) is 0 Å². The van der Waals surface area contributed by atoms with Crippen molar-refractivity contribution in [2.45, 2.75) is 19.2 Å². The van der Waals surface area contributed by atoms with Gasteiger partial charge < -0.3 is 15.8 Å². The topological polar surface area (TPSA) is 114 Å². The van der Waals surface area contributed by atoms with Gasteiger partial charge in [0, 0.05) is 24.5 Å². The van der Waals surface area contributed by atoms with E-state index in [2.05, 4.69) is 43.4 Å². The molecule has 0 bridgehead atoms. The Morgan fingerprint density at radius 2 is 2.41 bits per heavy atom. The van der Waals surface area contributed by atoms with Crippen molar-refractivity contribution in [3.05, 3.63) is 30.0 Å². The SMILES string of the molecule is CC1(NC(=O)Nc2ccc(COCCN)cn2)CSC(C2C#CN=C=C2)=N1. The Kier molecular flexibility index (Phi) is 6.27. The van der Waals surface area contributed by atoms with Gasteiger partial charge in [0.25, 0.3) is 0 Å². The Balaban J connectivity index is 1.54. The lowest BCUT2D eigenvalue weighted by atomic mass is 10.1. The third-order valence-corrected chi connectivity index (χ3v) is 5.03. The second kappa shape index (κ2) is 8.84. The Bertz CT molecular complexity index is 851. The number of amides is 2. The van der Waals surface area contributed by atoms with Crippen molar-refractivity contribution in [3.8, 4) is 12.0 Å². The van der Waals surface area contributed by atoms with Gasteiger partial charge in [0.15, 0.2) is 0 Å². The van der Waals surface area contributed by atoms with Crippen molar-refractivity contribution in [1.29, 1.82) is 0 Å². The third-order valence-electron chi connectivity index (χ3n) is 3.69. The molecule has 1 aromatic heterocycles. The number of aliphatic imine (C=N–C) groups is 2. The van der Waals surface area contributed by atoms with Crippen LogP contribution in [0.1, 0.15) is 12.5 Å². The Hall–Kier alpha value is -2.63. The maximum Gasteiger partial charge on any atom is 0.322 e. The second-order valence-corrected chi connectivity index (χ2v) is 7.12. The lowest BCUT2D eigenvalue weighted by Crippen LogP contribution is -2.47. The molecule has 0 saturated carbocycles. The molecule has 0 radical (unpaired) electrons. The Morgan fingerprint density at radius 1 is 1.52 bits per heavy atom. The maximum absolute atomic E-state index is 12.3. The number of anilines is 1. The van der Waals surface area contributed by atoms with Gasteiger partial charge in [0.2, 0.25) is 0 Å². The molecule has 2 aliphatic rings. The van der Waals surface area contributed by atoms with Gasteiger partial charge in [-0.25, -0.2) is 9.78 Å². The molecule has 1 aromatic rings. The Labute approximate surface area is 161 Å². The van der Waals surface area contributed by atoms with Gasteiger partial charge in [0.1, 0.15) is 11.5 Å². The summed E-state index contributed by atoms with van der Waals surface area (Å²) in [5, 5.41) is 6.46. The van der Waals surface area contributed by atoms with Crippen LogP contribution in [0.5, 0.6) is 0 Å². The fourth-order valence-electron chi connectivity index (χ4n) is 2.42. The molecule has 3 heterocycles. The molecular formula is C18H20N6O2S. The molecule has 0 aromatic carbocycles. The molecule has 4 N–H and O–H groups in total. The largest absolute Gasteiger partial charge is 0.375 e. The van der Waals surface area contributed by atoms with Crippen LogP contribution in [0.3, 0.4) is 0 Å². The number of nitrogens with two attached hydrogens (primary N) is 1.